The van der Waals surface area contributed by atoms with Crippen molar-refractivity contribution in [1.82, 2.24) is 10.3 Å². The average Bonchev–Trinajstić information content (AvgIpc) is 2.89. The minimum absolute atomic E-state index is 0.346. The summed E-state index contributed by atoms with van der Waals surface area (Å²) in [5, 5.41) is 15.8. The SMILES string of the molecule is COCC(O)CNCc1csc(-c2ccc(C)cc2)n1. The maximum atomic E-state index is 9.53. The standard InChI is InChI=1S/C15H20N2O2S/c1-11-3-5-12(6-4-11)15-17-13(10-20-15)7-16-8-14(18)9-19-2/h3-6,10,14,16,18H,7-9H2,1-2H3. The second-order valence-electron chi connectivity index (χ2n) is 4.75. The highest BCUT2D eigenvalue weighted by Gasteiger charge is 2.06. The number of aliphatic hydroxyl groups excluding tert-OH is 1. The Morgan fingerprint density at radius 3 is 2.80 bits per heavy atom. The monoisotopic (exact) mass is 292 g/mol. The van der Waals surface area contributed by atoms with Crippen molar-refractivity contribution in [2.24, 2.45) is 0 Å². The highest BCUT2D eigenvalue weighted by molar-refractivity contribution is 7.13. The molecule has 5 heteroatoms. The zero-order valence-corrected chi connectivity index (χ0v) is 12.6. The fraction of sp³-hybridized carbons (Fsp3) is 0.400. The van der Waals surface area contributed by atoms with Crippen LogP contribution in [0.25, 0.3) is 10.6 Å². The number of benzene rings is 1. The average molecular weight is 292 g/mol. The van der Waals surface area contributed by atoms with E-state index in [9.17, 15) is 5.11 Å². The number of hydrogen-bond donors (Lipinski definition) is 2. The van der Waals surface area contributed by atoms with E-state index in [0.29, 0.717) is 19.7 Å². The second kappa shape index (κ2) is 7.50. The summed E-state index contributed by atoms with van der Waals surface area (Å²) in [5.74, 6) is 0. The highest BCUT2D eigenvalue weighted by Crippen LogP contribution is 2.23. The molecular formula is C15H20N2O2S. The topological polar surface area (TPSA) is 54.4 Å². The number of aliphatic hydroxyl groups is 1. The van der Waals surface area contributed by atoms with Crippen molar-refractivity contribution >= 4 is 11.3 Å². The molecule has 1 heterocycles. The Kier molecular flexibility index (Phi) is 5.67. The van der Waals surface area contributed by atoms with Gasteiger partial charge in [-0.3, -0.25) is 0 Å². The van der Waals surface area contributed by atoms with Gasteiger partial charge in [-0.1, -0.05) is 29.8 Å². The van der Waals surface area contributed by atoms with Gasteiger partial charge in [0.25, 0.3) is 0 Å². The molecule has 2 rings (SSSR count). The summed E-state index contributed by atoms with van der Waals surface area (Å²) in [5.41, 5.74) is 3.39. The Bertz CT molecular complexity index is 525. The Balaban J connectivity index is 1.87. The smallest absolute Gasteiger partial charge is 0.123 e. The predicted molar refractivity (Wildman–Crippen MR) is 81.9 cm³/mol. The molecule has 0 fully saturated rings. The van der Waals surface area contributed by atoms with Crippen LogP contribution in [0.15, 0.2) is 29.6 Å². The van der Waals surface area contributed by atoms with E-state index >= 15 is 0 Å². The van der Waals surface area contributed by atoms with Gasteiger partial charge in [-0.05, 0) is 6.92 Å². The van der Waals surface area contributed by atoms with Crippen LogP contribution in [0.3, 0.4) is 0 Å². The molecule has 1 aromatic carbocycles. The van der Waals surface area contributed by atoms with Crippen molar-refractivity contribution in [3.63, 3.8) is 0 Å². The zero-order valence-electron chi connectivity index (χ0n) is 11.8. The maximum absolute atomic E-state index is 9.53. The molecule has 4 nitrogen and oxygen atoms in total. The van der Waals surface area contributed by atoms with Gasteiger partial charge in [0, 0.05) is 31.1 Å². The third kappa shape index (κ3) is 4.38. The van der Waals surface area contributed by atoms with E-state index in [1.807, 2.05) is 5.38 Å². The third-order valence-electron chi connectivity index (χ3n) is 2.90. The van der Waals surface area contributed by atoms with Gasteiger partial charge in [-0.15, -0.1) is 11.3 Å². The predicted octanol–water partition coefficient (Wildman–Crippen LogP) is 2.22. The van der Waals surface area contributed by atoms with E-state index in [1.54, 1.807) is 18.4 Å². The molecule has 0 radical (unpaired) electrons. The summed E-state index contributed by atoms with van der Waals surface area (Å²) in [4.78, 5) is 4.60. The largest absolute Gasteiger partial charge is 0.389 e. The van der Waals surface area contributed by atoms with Crippen LogP contribution in [-0.4, -0.2) is 36.5 Å². The quantitative estimate of drug-likeness (QED) is 0.821. The highest BCUT2D eigenvalue weighted by atomic mass is 32.1. The molecule has 2 N–H and O–H groups in total. The van der Waals surface area contributed by atoms with E-state index < -0.39 is 6.10 Å². The molecule has 0 spiro atoms. The molecule has 108 valence electrons. The fourth-order valence-corrected chi connectivity index (χ4v) is 2.66. The number of ether oxygens (including phenoxy) is 1. The normalized spacial score (nSPS) is 12.6. The zero-order chi connectivity index (χ0) is 14.4. The number of hydrogen-bond acceptors (Lipinski definition) is 5. The summed E-state index contributed by atoms with van der Waals surface area (Å²) >= 11 is 1.64. The van der Waals surface area contributed by atoms with Crippen LogP contribution >= 0.6 is 11.3 Å². The molecule has 1 atom stereocenters. The minimum atomic E-state index is -0.477. The van der Waals surface area contributed by atoms with E-state index in [4.69, 9.17) is 4.74 Å². The fourth-order valence-electron chi connectivity index (χ4n) is 1.84. The van der Waals surface area contributed by atoms with Crippen molar-refractivity contribution in [3.8, 4) is 10.6 Å². The summed E-state index contributed by atoms with van der Waals surface area (Å²) in [6.07, 6.45) is -0.477. The van der Waals surface area contributed by atoms with Gasteiger partial charge in [0.1, 0.15) is 5.01 Å². The van der Waals surface area contributed by atoms with Gasteiger partial charge in [-0.25, -0.2) is 4.98 Å². The molecule has 0 aliphatic heterocycles. The lowest BCUT2D eigenvalue weighted by atomic mass is 10.2. The molecule has 0 aliphatic carbocycles. The number of thiazole rings is 1. The van der Waals surface area contributed by atoms with Gasteiger partial charge in [0.15, 0.2) is 0 Å². The van der Waals surface area contributed by atoms with Crippen LogP contribution in [-0.2, 0) is 11.3 Å². The lowest BCUT2D eigenvalue weighted by molar-refractivity contribution is 0.0644. The van der Waals surface area contributed by atoms with Crippen LogP contribution < -0.4 is 5.32 Å². The Morgan fingerprint density at radius 1 is 1.35 bits per heavy atom. The number of rotatable bonds is 7. The molecule has 2 aromatic rings. The first-order valence-electron chi connectivity index (χ1n) is 6.58. The summed E-state index contributed by atoms with van der Waals surface area (Å²) in [7, 11) is 1.58. The van der Waals surface area contributed by atoms with Crippen molar-refractivity contribution < 1.29 is 9.84 Å². The lowest BCUT2D eigenvalue weighted by Gasteiger charge is -2.09. The van der Waals surface area contributed by atoms with Gasteiger partial charge in [0.2, 0.25) is 0 Å². The van der Waals surface area contributed by atoms with Gasteiger partial charge >= 0.3 is 0 Å². The van der Waals surface area contributed by atoms with Crippen LogP contribution in [0.4, 0.5) is 0 Å². The first-order chi connectivity index (χ1) is 9.69. The number of aryl methyl sites for hydroxylation is 1. The molecule has 0 aliphatic rings. The summed E-state index contributed by atoms with van der Waals surface area (Å²) in [6.45, 7) is 3.58. The molecule has 0 saturated carbocycles. The van der Waals surface area contributed by atoms with Crippen molar-refractivity contribution in [3.05, 3.63) is 40.9 Å². The van der Waals surface area contributed by atoms with Crippen molar-refractivity contribution in [2.75, 3.05) is 20.3 Å². The first-order valence-corrected chi connectivity index (χ1v) is 7.46. The molecule has 0 bridgehead atoms. The van der Waals surface area contributed by atoms with Crippen LogP contribution in [0, 0.1) is 6.92 Å². The van der Waals surface area contributed by atoms with E-state index in [2.05, 4.69) is 41.5 Å². The molecule has 0 amide bonds. The lowest BCUT2D eigenvalue weighted by Crippen LogP contribution is -2.29. The van der Waals surface area contributed by atoms with E-state index in [-0.39, 0.29) is 0 Å². The van der Waals surface area contributed by atoms with Gasteiger partial charge in [0.05, 0.1) is 18.4 Å². The number of aromatic nitrogens is 1. The Hall–Kier alpha value is -1.27. The van der Waals surface area contributed by atoms with Crippen LogP contribution in [0.5, 0.6) is 0 Å². The summed E-state index contributed by atoms with van der Waals surface area (Å²) in [6, 6.07) is 8.37. The number of nitrogens with one attached hydrogen (secondary N) is 1. The third-order valence-corrected chi connectivity index (χ3v) is 3.84. The van der Waals surface area contributed by atoms with Crippen LogP contribution in [0.2, 0.25) is 0 Å². The molecule has 0 saturated heterocycles. The Labute approximate surface area is 123 Å². The van der Waals surface area contributed by atoms with Crippen molar-refractivity contribution in [2.45, 2.75) is 19.6 Å². The maximum Gasteiger partial charge on any atom is 0.123 e. The van der Waals surface area contributed by atoms with E-state index in [1.165, 1.54) is 5.56 Å². The first kappa shape index (κ1) is 15.1. The second-order valence-corrected chi connectivity index (χ2v) is 5.61. The van der Waals surface area contributed by atoms with E-state index in [0.717, 1.165) is 16.3 Å². The van der Waals surface area contributed by atoms with Gasteiger partial charge < -0.3 is 15.2 Å². The number of nitrogens with zero attached hydrogens (tertiary/aromatic N) is 1. The number of methoxy groups -OCH3 is 1. The summed E-state index contributed by atoms with van der Waals surface area (Å²) < 4.78 is 4.87. The minimum Gasteiger partial charge on any atom is -0.389 e. The van der Waals surface area contributed by atoms with Crippen molar-refractivity contribution in [1.29, 1.82) is 0 Å². The molecular weight excluding hydrogens is 272 g/mol. The molecule has 1 unspecified atom stereocenters. The molecule has 1 aromatic heterocycles. The van der Waals surface area contributed by atoms with Crippen LogP contribution in [0.1, 0.15) is 11.3 Å². The van der Waals surface area contributed by atoms with Gasteiger partial charge in [-0.2, -0.15) is 0 Å². The Morgan fingerprint density at radius 2 is 2.10 bits per heavy atom. The molecule has 20 heavy (non-hydrogen) atoms.